The van der Waals surface area contributed by atoms with E-state index in [1.807, 2.05) is 50.6 Å². The van der Waals surface area contributed by atoms with Crippen molar-refractivity contribution in [3.05, 3.63) is 81.9 Å². The summed E-state index contributed by atoms with van der Waals surface area (Å²) in [5.41, 5.74) is 6.00. The second-order valence-corrected chi connectivity index (χ2v) is 7.88. The minimum absolute atomic E-state index is 0.206. The van der Waals surface area contributed by atoms with Crippen molar-refractivity contribution >= 4 is 17.6 Å². The molecule has 0 spiro atoms. The van der Waals surface area contributed by atoms with Crippen LogP contribution in [0, 0.1) is 33.5 Å². The van der Waals surface area contributed by atoms with Gasteiger partial charge in [-0.3, -0.25) is 19.8 Å². The Morgan fingerprint density at radius 3 is 2.41 bits per heavy atom. The SMILES string of the molecule is CCn1nc(C)c(CCN=C(NC(=O)c2cc(C)cc(C)c2)Nc2ccccc2F)c1C. The number of para-hydroxylation sites is 1. The number of nitrogens with zero attached hydrogens (tertiary/aromatic N) is 3. The molecule has 0 atom stereocenters. The van der Waals surface area contributed by atoms with E-state index in [2.05, 4.69) is 27.6 Å². The van der Waals surface area contributed by atoms with Crippen molar-refractivity contribution in [1.82, 2.24) is 15.1 Å². The molecule has 168 valence electrons. The summed E-state index contributed by atoms with van der Waals surface area (Å²) in [4.78, 5) is 17.4. The fourth-order valence-corrected chi connectivity index (χ4v) is 3.77. The van der Waals surface area contributed by atoms with Crippen LogP contribution in [0.25, 0.3) is 0 Å². The second-order valence-electron chi connectivity index (χ2n) is 7.88. The zero-order chi connectivity index (χ0) is 23.3. The Balaban J connectivity index is 1.82. The van der Waals surface area contributed by atoms with E-state index in [1.54, 1.807) is 18.2 Å². The number of nitrogens with one attached hydrogen (secondary N) is 2. The second kappa shape index (κ2) is 10.2. The Hall–Kier alpha value is -3.48. The number of amides is 1. The molecular weight excluding hydrogens is 405 g/mol. The third-order valence-electron chi connectivity index (χ3n) is 5.31. The highest BCUT2D eigenvalue weighted by molar-refractivity contribution is 6.10. The fraction of sp³-hybridized carbons (Fsp3) is 0.320. The molecule has 32 heavy (non-hydrogen) atoms. The van der Waals surface area contributed by atoms with Crippen molar-refractivity contribution in [3.63, 3.8) is 0 Å². The normalized spacial score (nSPS) is 11.5. The number of benzene rings is 2. The number of rotatable bonds is 6. The van der Waals surface area contributed by atoms with Crippen molar-refractivity contribution in [1.29, 1.82) is 0 Å². The van der Waals surface area contributed by atoms with Gasteiger partial charge < -0.3 is 5.32 Å². The first-order valence-electron chi connectivity index (χ1n) is 10.8. The first kappa shape index (κ1) is 23.2. The number of halogens is 1. The van der Waals surface area contributed by atoms with Crippen LogP contribution in [0.2, 0.25) is 0 Å². The summed E-state index contributed by atoms with van der Waals surface area (Å²) in [7, 11) is 0. The maximum atomic E-state index is 14.2. The van der Waals surface area contributed by atoms with Gasteiger partial charge in [0.2, 0.25) is 5.96 Å². The van der Waals surface area contributed by atoms with Crippen LogP contribution in [0.4, 0.5) is 10.1 Å². The van der Waals surface area contributed by atoms with Gasteiger partial charge in [-0.05, 0) is 70.9 Å². The highest BCUT2D eigenvalue weighted by Crippen LogP contribution is 2.15. The van der Waals surface area contributed by atoms with Gasteiger partial charge in [0, 0.05) is 24.3 Å². The summed E-state index contributed by atoms with van der Waals surface area (Å²) >= 11 is 0. The quantitative estimate of drug-likeness (QED) is 0.435. The monoisotopic (exact) mass is 435 g/mol. The Morgan fingerprint density at radius 2 is 1.78 bits per heavy atom. The average molecular weight is 436 g/mol. The Kier molecular flexibility index (Phi) is 7.41. The Bertz CT molecular complexity index is 1130. The summed E-state index contributed by atoms with van der Waals surface area (Å²) in [6.07, 6.45) is 0.666. The van der Waals surface area contributed by atoms with Crippen LogP contribution in [0.5, 0.6) is 0 Å². The molecule has 0 saturated heterocycles. The largest absolute Gasteiger partial charge is 0.323 e. The van der Waals surface area contributed by atoms with E-state index in [-0.39, 0.29) is 17.6 Å². The molecule has 1 heterocycles. The molecule has 0 saturated carbocycles. The van der Waals surface area contributed by atoms with Gasteiger partial charge in [0.1, 0.15) is 5.82 Å². The minimum Gasteiger partial charge on any atom is -0.323 e. The fourth-order valence-electron chi connectivity index (χ4n) is 3.77. The molecule has 2 N–H and O–H groups in total. The van der Waals surface area contributed by atoms with Gasteiger partial charge in [-0.15, -0.1) is 0 Å². The summed E-state index contributed by atoms with van der Waals surface area (Å²) in [6, 6.07) is 11.9. The van der Waals surface area contributed by atoms with Crippen LogP contribution in [0.15, 0.2) is 47.5 Å². The Morgan fingerprint density at radius 1 is 1.09 bits per heavy atom. The highest BCUT2D eigenvalue weighted by Gasteiger charge is 2.13. The third kappa shape index (κ3) is 5.60. The van der Waals surface area contributed by atoms with E-state index in [0.717, 1.165) is 34.6 Å². The number of carbonyl (C=O) groups is 1. The van der Waals surface area contributed by atoms with E-state index >= 15 is 0 Å². The lowest BCUT2D eigenvalue weighted by Gasteiger charge is -2.13. The van der Waals surface area contributed by atoms with E-state index in [1.165, 1.54) is 6.07 Å². The number of anilines is 1. The zero-order valence-electron chi connectivity index (χ0n) is 19.3. The zero-order valence-corrected chi connectivity index (χ0v) is 19.3. The van der Waals surface area contributed by atoms with Gasteiger partial charge in [-0.25, -0.2) is 4.39 Å². The van der Waals surface area contributed by atoms with Gasteiger partial charge in [0.15, 0.2) is 0 Å². The number of aliphatic imine (C=N–C) groups is 1. The van der Waals surface area contributed by atoms with Gasteiger partial charge >= 0.3 is 0 Å². The number of aromatic nitrogens is 2. The number of hydrogen-bond acceptors (Lipinski definition) is 3. The Labute approximate surface area is 188 Å². The highest BCUT2D eigenvalue weighted by atomic mass is 19.1. The standard InChI is InChI=1S/C25H30FN5O/c1-6-31-19(5)21(18(4)30-31)11-12-27-25(28-23-10-8-7-9-22(23)26)29-24(32)20-14-16(2)13-17(3)15-20/h7-10,13-15H,6,11-12H2,1-5H3,(H2,27,28,29,32). The minimum atomic E-state index is -0.420. The van der Waals surface area contributed by atoms with Crippen molar-refractivity contribution in [2.45, 2.75) is 47.6 Å². The van der Waals surface area contributed by atoms with Gasteiger partial charge in [-0.1, -0.05) is 29.3 Å². The lowest BCUT2D eigenvalue weighted by Crippen LogP contribution is -2.36. The van der Waals surface area contributed by atoms with Crippen LogP contribution in [0.3, 0.4) is 0 Å². The first-order valence-corrected chi connectivity index (χ1v) is 10.8. The van der Waals surface area contributed by atoms with Crippen LogP contribution >= 0.6 is 0 Å². The predicted molar refractivity (Wildman–Crippen MR) is 127 cm³/mol. The number of guanidine groups is 1. The molecule has 3 aromatic rings. The molecule has 0 fully saturated rings. The molecule has 7 heteroatoms. The van der Waals surface area contributed by atoms with Crippen LogP contribution in [0.1, 0.15) is 45.4 Å². The molecule has 1 amide bonds. The molecule has 0 aliphatic carbocycles. The smallest absolute Gasteiger partial charge is 0.257 e. The maximum Gasteiger partial charge on any atom is 0.257 e. The van der Waals surface area contributed by atoms with Crippen LogP contribution in [-0.4, -0.2) is 28.2 Å². The third-order valence-corrected chi connectivity index (χ3v) is 5.31. The van der Waals surface area contributed by atoms with Gasteiger partial charge in [0.05, 0.1) is 11.4 Å². The lowest BCUT2D eigenvalue weighted by atomic mass is 10.1. The molecule has 0 radical (unpaired) electrons. The molecular formula is C25H30FN5O. The van der Waals surface area contributed by atoms with Crippen LogP contribution < -0.4 is 10.6 Å². The summed E-state index contributed by atoms with van der Waals surface area (Å²) in [5, 5.41) is 10.3. The van der Waals surface area contributed by atoms with Crippen LogP contribution in [-0.2, 0) is 13.0 Å². The topological polar surface area (TPSA) is 71.3 Å². The summed E-state index contributed by atoms with van der Waals surface area (Å²) in [5.74, 6) is -0.514. The maximum absolute atomic E-state index is 14.2. The van der Waals surface area contributed by atoms with E-state index < -0.39 is 5.82 Å². The molecule has 0 aliphatic heterocycles. The van der Waals surface area contributed by atoms with Crippen molar-refractivity contribution in [2.75, 3.05) is 11.9 Å². The van der Waals surface area contributed by atoms with Crippen molar-refractivity contribution < 1.29 is 9.18 Å². The van der Waals surface area contributed by atoms with Crippen molar-refractivity contribution in [3.8, 4) is 0 Å². The average Bonchev–Trinajstić information content (AvgIpc) is 3.02. The predicted octanol–water partition coefficient (Wildman–Crippen LogP) is 4.72. The molecule has 6 nitrogen and oxygen atoms in total. The molecule has 0 aliphatic rings. The van der Waals surface area contributed by atoms with E-state index in [9.17, 15) is 9.18 Å². The number of aryl methyl sites for hydroxylation is 4. The number of hydrogen-bond donors (Lipinski definition) is 2. The van der Waals surface area contributed by atoms with Gasteiger partial charge in [-0.2, -0.15) is 5.10 Å². The van der Waals surface area contributed by atoms with Crippen molar-refractivity contribution in [2.24, 2.45) is 4.99 Å². The molecule has 3 rings (SSSR count). The lowest BCUT2D eigenvalue weighted by molar-refractivity contribution is 0.0976. The van der Waals surface area contributed by atoms with Gasteiger partial charge in [0.25, 0.3) is 5.91 Å². The van der Waals surface area contributed by atoms with E-state index in [0.29, 0.717) is 18.5 Å². The molecule has 0 unspecified atom stereocenters. The van der Waals surface area contributed by atoms with E-state index in [4.69, 9.17) is 0 Å². The summed E-state index contributed by atoms with van der Waals surface area (Å²) < 4.78 is 16.2. The molecule has 2 aromatic carbocycles. The first-order chi connectivity index (χ1) is 15.3. The molecule has 0 bridgehead atoms. The number of carbonyl (C=O) groups excluding carboxylic acids is 1. The summed E-state index contributed by atoms with van der Waals surface area (Å²) in [6.45, 7) is 11.2. The molecule has 1 aromatic heterocycles.